The van der Waals surface area contributed by atoms with Gasteiger partial charge in [0.05, 0.1) is 0 Å². The Hall–Kier alpha value is -3.68. The van der Waals surface area contributed by atoms with E-state index in [1.54, 1.807) is 23.1 Å². The Bertz CT molecular complexity index is 1170. The van der Waals surface area contributed by atoms with Gasteiger partial charge in [-0.05, 0) is 62.1 Å². The molecule has 0 bridgehead atoms. The number of amides is 5. The number of hydrogen-bond donors (Lipinski definition) is 2. The quantitative estimate of drug-likeness (QED) is 0.713. The Morgan fingerprint density at radius 1 is 1.09 bits per heavy atom. The molecule has 3 aliphatic rings. The molecule has 1 unspecified atom stereocenters. The van der Waals surface area contributed by atoms with Gasteiger partial charge in [0.25, 0.3) is 5.91 Å². The maximum absolute atomic E-state index is 13.2. The minimum absolute atomic E-state index is 0.213. The predicted octanol–water partition coefficient (Wildman–Crippen LogP) is 2.82. The van der Waals surface area contributed by atoms with Crippen molar-refractivity contribution in [2.75, 3.05) is 10.2 Å². The topological polar surface area (TPSA) is 98.8 Å². The summed E-state index contributed by atoms with van der Waals surface area (Å²) >= 11 is 0. The number of hydrogen-bond acceptors (Lipinski definition) is 4. The van der Waals surface area contributed by atoms with Crippen molar-refractivity contribution in [3.8, 4) is 0 Å². The summed E-state index contributed by atoms with van der Waals surface area (Å²) in [5, 5.41) is 5.27. The zero-order valence-corrected chi connectivity index (χ0v) is 18.0. The fourth-order valence-electron chi connectivity index (χ4n) is 4.97. The van der Waals surface area contributed by atoms with E-state index in [1.165, 1.54) is 4.90 Å². The molecular weight excluding hydrogens is 408 g/mol. The Balaban J connectivity index is 1.35. The second kappa shape index (κ2) is 7.19. The Morgan fingerprint density at radius 2 is 1.88 bits per heavy atom. The molecule has 164 valence electrons. The zero-order chi connectivity index (χ0) is 22.6. The minimum Gasteiger partial charge on any atom is -0.322 e. The molecule has 2 aromatic rings. The number of nitrogens with zero attached hydrogens (tertiary/aromatic N) is 2. The van der Waals surface area contributed by atoms with E-state index >= 15 is 0 Å². The monoisotopic (exact) mass is 432 g/mol. The molecule has 5 amide bonds. The maximum Gasteiger partial charge on any atom is 0.326 e. The van der Waals surface area contributed by atoms with Gasteiger partial charge in [0.1, 0.15) is 6.04 Å². The van der Waals surface area contributed by atoms with E-state index in [2.05, 4.69) is 10.6 Å². The third-order valence-electron chi connectivity index (χ3n) is 6.44. The van der Waals surface area contributed by atoms with Gasteiger partial charge in [-0.15, -0.1) is 0 Å². The highest BCUT2D eigenvalue weighted by Gasteiger charge is 2.41. The highest BCUT2D eigenvalue weighted by molar-refractivity contribution is 6.07. The van der Waals surface area contributed by atoms with Gasteiger partial charge in [0.2, 0.25) is 11.8 Å². The largest absolute Gasteiger partial charge is 0.326 e. The number of urea groups is 1. The van der Waals surface area contributed by atoms with Gasteiger partial charge >= 0.3 is 6.03 Å². The molecule has 0 saturated carbocycles. The van der Waals surface area contributed by atoms with Gasteiger partial charge in [-0.25, -0.2) is 4.79 Å². The number of anilines is 2. The van der Waals surface area contributed by atoms with Crippen molar-refractivity contribution in [2.24, 2.45) is 0 Å². The molecule has 8 nitrogen and oxygen atoms in total. The average molecular weight is 432 g/mol. The predicted molar refractivity (Wildman–Crippen MR) is 118 cm³/mol. The molecule has 3 heterocycles. The van der Waals surface area contributed by atoms with Crippen LogP contribution in [0.25, 0.3) is 0 Å². The number of carbonyl (C=O) groups is 4. The van der Waals surface area contributed by atoms with Crippen LogP contribution >= 0.6 is 0 Å². The summed E-state index contributed by atoms with van der Waals surface area (Å²) in [7, 11) is 0. The molecule has 1 fully saturated rings. The van der Waals surface area contributed by atoms with E-state index < -0.39 is 11.9 Å². The normalized spacial score (nSPS) is 21.3. The number of imide groups is 1. The third kappa shape index (κ3) is 3.23. The second-order valence-corrected chi connectivity index (χ2v) is 9.16. The molecule has 3 aliphatic heterocycles. The number of benzene rings is 2. The molecule has 0 radical (unpaired) electrons. The molecule has 2 aromatic carbocycles. The molecule has 1 atom stereocenters. The van der Waals surface area contributed by atoms with Crippen molar-refractivity contribution in [3.05, 3.63) is 59.2 Å². The van der Waals surface area contributed by atoms with Crippen LogP contribution in [0.4, 0.5) is 16.2 Å². The molecular formula is C24H24N4O4. The molecule has 2 N–H and O–H groups in total. The maximum atomic E-state index is 13.2. The first-order valence-corrected chi connectivity index (χ1v) is 10.7. The first kappa shape index (κ1) is 20.2. The van der Waals surface area contributed by atoms with E-state index in [0.717, 1.165) is 23.2 Å². The van der Waals surface area contributed by atoms with Crippen molar-refractivity contribution < 1.29 is 19.2 Å². The minimum atomic E-state index is -0.660. The lowest BCUT2D eigenvalue weighted by Gasteiger charge is -2.32. The van der Waals surface area contributed by atoms with Crippen LogP contribution in [0.3, 0.4) is 0 Å². The average Bonchev–Trinajstić information content (AvgIpc) is 3.19. The summed E-state index contributed by atoms with van der Waals surface area (Å²) in [5.41, 5.74) is 3.52. The summed E-state index contributed by atoms with van der Waals surface area (Å²) in [4.78, 5) is 53.0. The lowest BCUT2D eigenvalue weighted by atomic mass is 10.00. The van der Waals surface area contributed by atoms with Crippen molar-refractivity contribution >= 4 is 35.1 Å². The highest BCUT2D eigenvalue weighted by atomic mass is 16.2. The summed E-state index contributed by atoms with van der Waals surface area (Å²) < 4.78 is 0. The summed E-state index contributed by atoms with van der Waals surface area (Å²) in [6.45, 7) is 4.33. The molecule has 5 rings (SSSR count). The lowest BCUT2D eigenvalue weighted by Crippen LogP contribution is -2.52. The van der Waals surface area contributed by atoms with Gasteiger partial charge in [0.15, 0.2) is 0 Å². The number of piperidine rings is 1. The van der Waals surface area contributed by atoms with Crippen LogP contribution in [0.2, 0.25) is 0 Å². The van der Waals surface area contributed by atoms with Gasteiger partial charge in [0, 0.05) is 35.4 Å². The van der Waals surface area contributed by atoms with Crippen LogP contribution in [-0.2, 0) is 22.6 Å². The summed E-state index contributed by atoms with van der Waals surface area (Å²) in [5.74, 6) is -0.986. The molecule has 32 heavy (non-hydrogen) atoms. The number of nitrogens with one attached hydrogen (secondary N) is 2. The van der Waals surface area contributed by atoms with Gasteiger partial charge in [-0.2, -0.15) is 0 Å². The molecule has 0 aliphatic carbocycles. The van der Waals surface area contributed by atoms with Crippen LogP contribution < -0.4 is 15.5 Å². The van der Waals surface area contributed by atoms with Crippen LogP contribution in [0, 0.1) is 0 Å². The number of para-hydroxylation sites is 1. The van der Waals surface area contributed by atoms with Crippen LogP contribution in [0.15, 0.2) is 42.5 Å². The van der Waals surface area contributed by atoms with E-state index in [9.17, 15) is 19.2 Å². The first-order chi connectivity index (χ1) is 15.2. The van der Waals surface area contributed by atoms with Gasteiger partial charge in [-0.1, -0.05) is 18.2 Å². The van der Waals surface area contributed by atoms with Crippen LogP contribution in [-0.4, -0.2) is 40.2 Å². The Kier molecular flexibility index (Phi) is 4.54. The van der Waals surface area contributed by atoms with Crippen molar-refractivity contribution in [2.45, 2.75) is 51.2 Å². The fourth-order valence-corrected chi connectivity index (χ4v) is 4.97. The van der Waals surface area contributed by atoms with E-state index in [4.69, 9.17) is 0 Å². The number of rotatable bonds is 2. The second-order valence-electron chi connectivity index (χ2n) is 9.16. The zero-order valence-electron chi connectivity index (χ0n) is 18.0. The highest BCUT2D eigenvalue weighted by Crippen LogP contribution is 2.39. The Labute approximate surface area is 185 Å². The van der Waals surface area contributed by atoms with Gasteiger partial charge < -0.3 is 10.2 Å². The van der Waals surface area contributed by atoms with Crippen LogP contribution in [0.5, 0.6) is 0 Å². The Morgan fingerprint density at radius 3 is 2.66 bits per heavy atom. The van der Waals surface area contributed by atoms with E-state index in [-0.39, 0.29) is 36.3 Å². The smallest absolute Gasteiger partial charge is 0.322 e. The summed E-state index contributed by atoms with van der Waals surface area (Å²) in [6.07, 6.45) is 1.30. The third-order valence-corrected chi connectivity index (χ3v) is 6.44. The fraction of sp³-hybridized carbons (Fsp3) is 0.333. The molecule has 0 aromatic heterocycles. The molecule has 8 heteroatoms. The van der Waals surface area contributed by atoms with E-state index in [1.807, 2.05) is 38.1 Å². The SMILES string of the molecule is CC1(C)Cc2ccccc2N1C(=O)Nc1ccc2c(c1)CN(C1CCC(=O)NC1=O)C2=O. The van der Waals surface area contributed by atoms with Gasteiger partial charge in [-0.3, -0.25) is 24.6 Å². The standard InChI is InChI=1S/C24H24N4O4/c1-24(2)12-14-5-3-4-6-18(14)28(24)23(32)25-16-7-8-17-15(11-16)13-27(22(17)31)19-9-10-20(29)26-21(19)30/h3-8,11,19H,9-10,12-13H2,1-2H3,(H,25,32)(H,26,29,30). The van der Waals surface area contributed by atoms with Crippen LogP contribution in [0.1, 0.15) is 48.2 Å². The molecule has 1 saturated heterocycles. The summed E-state index contributed by atoms with van der Waals surface area (Å²) in [6, 6.07) is 12.2. The number of carbonyl (C=O) groups excluding carboxylic acids is 4. The van der Waals surface area contributed by atoms with Crippen molar-refractivity contribution in [3.63, 3.8) is 0 Å². The van der Waals surface area contributed by atoms with E-state index in [0.29, 0.717) is 17.7 Å². The first-order valence-electron chi connectivity index (χ1n) is 10.7. The van der Waals surface area contributed by atoms with Crippen molar-refractivity contribution in [1.82, 2.24) is 10.2 Å². The lowest BCUT2D eigenvalue weighted by molar-refractivity contribution is -0.136. The van der Waals surface area contributed by atoms with Crippen molar-refractivity contribution in [1.29, 1.82) is 0 Å². The molecule has 0 spiro atoms. The number of fused-ring (bicyclic) bond motifs is 2.